The second-order valence-corrected chi connectivity index (χ2v) is 2.03. The zero-order chi connectivity index (χ0) is 8.15. The number of esters is 1. The van der Waals surface area contributed by atoms with Crippen LogP contribution in [0.5, 0.6) is 0 Å². The third-order valence-corrected chi connectivity index (χ3v) is 0.899. The summed E-state index contributed by atoms with van der Waals surface area (Å²) in [6.07, 6.45) is 4.46. The van der Waals surface area contributed by atoms with Crippen LogP contribution in [0.25, 0.3) is 0 Å². The Balaban J connectivity index is 3.71. The van der Waals surface area contributed by atoms with Gasteiger partial charge in [-0.25, -0.2) is 0 Å². The van der Waals surface area contributed by atoms with Crippen molar-refractivity contribution in [3.8, 4) is 12.3 Å². The average Bonchev–Trinajstić information content (AvgIpc) is 1.87. The van der Waals surface area contributed by atoms with E-state index >= 15 is 0 Å². The largest absolute Gasteiger partial charge is 0.448 e. The number of hydrogen-bond acceptors (Lipinski definition) is 3. The minimum atomic E-state index is -0.601. The van der Waals surface area contributed by atoms with Gasteiger partial charge in [0, 0.05) is 0 Å². The average molecular weight is 141 g/mol. The van der Waals surface area contributed by atoms with Crippen LogP contribution < -0.4 is 5.73 Å². The molecule has 0 aliphatic carbocycles. The van der Waals surface area contributed by atoms with Crippen molar-refractivity contribution < 1.29 is 9.53 Å². The van der Waals surface area contributed by atoms with Gasteiger partial charge in [-0.2, -0.15) is 0 Å². The highest BCUT2D eigenvalue weighted by molar-refractivity contribution is 5.75. The van der Waals surface area contributed by atoms with Gasteiger partial charge in [-0.05, 0) is 13.8 Å². The monoisotopic (exact) mass is 141 g/mol. The molecule has 0 rings (SSSR count). The van der Waals surface area contributed by atoms with Gasteiger partial charge in [-0.3, -0.25) is 4.79 Å². The molecular weight excluding hydrogens is 130 g/mol. The molecule has 0 fully saturated rings. The quantitative estimate of drug-likeness (QED) is 0.431. The lowest BCUT2D eigenvalue weighted by Gasteiger charge is -2.08. The number of hydrogen-bond donors (Lipinski definition) is 1. The molecule has 10 heavy (non-hydrogen) atoms. The number of rotatable bonds is 2. The third kappa shape index (κ3) is 3.10. The lowest BCUT2D eigenvalue weighted by Crippen LogP contribution is -2.30. The van der Waals surface area contributed by atoms with E-state index in [1.807, 2.05) is 0 Å². The van der Waals surface area contributed by atoms with Gasteiger partial charge in [0.1, 0.15) is 6.04 Å². The molecule has 3 heteroatoms. The summed E-state index contributed by atoms with van der Waals surface area (Å²) in [5, 5.41) is 0. The van der Waals surface area contributed by atoms with Crippen molar-refractivity contribution in [2.75, 3.05) is 0 Å². The van der Waals surface area contributed by atoms with E-state index in [2.05, 4.69) is 10.7 Å². The normalized spacial score (nSPS) is 15.0. The predicted molar refractivity (Wildman–Crippen MR) is 38.0 cm³/mol. The van der Waals surface area contributed by atoms with Crippen molar-refractivity contribution in [2.24, 2.45) is 5.73 Å². The molecule has 0 bridgehead atoms. The number of ether oxygens (including phenoxy) is 1. The standard InChI is InChI=1S/C7H11NO2/c1-4-5(2)10-7(9)6(3)8/h1,5-6H,8H2,2-3H3. The second-order valence-electron chi connectivity index (χ2n) is 2.03. The molecule has 3 nitrogen and oxygen atoms in total. The molecule has 0 heterocycles. The first-order valence-corrected chi connectivity index (χ1v) is 3.00. The summed E-state index contributed by atoms with van der Waals surface area (Å²) in [5.74, 6) is 1.78. The van der Waals surface area contributed by atoms with Crippen molar-refractivity contribution in [1.29, 1.82) is 0 Å². The summed E-state index contributed by atoms with van der Waals surface area (Å²) in [6, 6.07) is -0.601. The lowest BCUT2D eigenvalue weighted by molar-refractivity contribution is -0.146. The Labute approximate surface area is 60.5 Å². The van der Waals surface area contributed by atoms with Gasteiger partial charge in [0.05, 0.1) is 0 Å². The number of terminal acetylenes is 1. The zero-order valence-electron chi connectivity index (χ0n) is 6.13. The van der Waals surface area contributed by atoms with E-state index in [1.165, 1.54) is 0 Å². The molecule has 0 aliphatic heterocycles. The highest BCUT2D eigenvalue weighted by Crippen LogP contribution is 1.90. The van der Waals surface area contributed by atoms with Crippen LogP contribution in [0.15, 0.2) is 0 Å². The fourth-order valence-corrected chi connectivity index (χ4v) is 0.316. The van der Waals surface area contributed by atoms with Gasteiger partial charge in [0.25, 0.3) is 0 Å². The summed E-state index contributed by atoms with van der Waals surface area (Å²) in [7, 11) is 0. The van der Waals surface area contributed by atoms with Crippen LogP contribution in [0, 0.1) is 12.3 Å². The molecule has 0 aliphatic rings. The van der Waals surface area contributed by atoms with Crippen molar-refractivity contribution in [1.82, 2.24) is 0 Å². The van der Waals surface area contributed by atoms with Crippen LogP contribution in [-0.4, -0.2) is 18.1 Å². The smallest absolute Gasteiger partial charge is 0.323 e. The van der Waals surface area contributed by atoms with Crippen LogP contribution >= 0.6 is 0 Å². The van der Waals surface area contributed by atoms with Gasteiger partial charge in [0.15, 0.2) is 6.10 Å². The van der Waals surface area contributed by atoms with Gasteiger partial charge < -0.3 is 10.5 Å². The summed E-state index contributed by atoms with van der Waals surface area (Å²) < 4.78 is 4.66. The van der Waals surface area contributed by atoms with E-state index in [0.29, 0.717) is 0 Å². The predicted octanol–water partition coefficient (Wildman–Crippen LogP) is -0.101. The van der Waals surface area contributed by atoms with E-state index in [9.17, 15) is 4.79 Å². The van der Waals surface area contributed by atoms with Crippen LogP contribution in [-0.2, 0) is 9.53 Å². The Morgan fingerprint density at radius 2 is 2.20 bits per heavy atom. The maximum absolute atomic E-state index is 10.7. The molecule has 0 spiro atoms. The number of carbonyl (C=O) groups excluding carboxylic acids is 1. The van der Waals surface area contributed by atoms with Gasteiger partial charge in [-0.1, -0.05) is 5.92 Å². The molecule has 0 saturated carbocycles. The summed E-state index contributed by atoms with van der Waals surface area (Å²) in [4.78, 5) is 10.7. The summed E-state index contributed by atoms with van der Waals surface area (Å²) >= 11 is 0. The van der Waals surface area contributed by atoms with Crippen molar-refractivity contribution in [3.63, 3.8) is 0 Å². The van der Waals surface area contributed by atoms with E-state index < -0.39 is 18.1 Å². The van der Waals surface area contributed by atoms with Crippen LogP contribution in [0.1, 0.15) is 13.8 Å². The topological polar surface area (TPSA) is 52.3 Å². The first-order chi connectivity index (χ1) is 4.57. The molecule has 2 unspecified atom stereocenters. The SMILES string of the molecule is C#CC(C)OC(=O)C(C)N. The molecule has 0 aromatic rings. The first-order valence-electron chi connectivity index (χ1n) is 3.00. The van der Waals surface area contributed by atoms with E-state index in [0.717, 1.165) is 0 Å². The highest BCUT2D eigenvalue weighted by atomic mass is 16.5. The van der Waals surface area contributed by atoms with E-state index in [1.54, 1.807) is 13.8 Å². The minimum absolute atomic E-state index is 0.467. The summed E-state index contributed by atoms with van der Waals surface area (Å²) in [6.45, 7) is 3.16. The lowest BCUT2D eigenvalue weighted by atomic mass is 10.3. The van der Waals surface area contributed by atoms with E-state index in [4.69, 9.17) is 12.2 Å². The molecule has 2 atom stereocenters. The Morgan fingerprint density at radius 1 is 1.70 bits per heavy atom. The van der Waals surface area contributed by atoms with Crippen LogP contribution in [0.3, 0.4) is 0 Å². The van der Waals surface area contributed by atoms with Crippen LogP contribution in [0.2, 0.25) is 0 Å². The Bertz CT molecular complexity index is 157. The minimum Gasteiger partial charge on any atom is -0.448 e. The fraction of sp³-hybridized carbons (Fsp3) is 0.571. The maximum atomic E-state index is 10.7. The molecule has 56 valence electrons. The van der Waals surface area contributed by atoms with Crippen LogP contribution in [0.4, 0.5) is 0 Å². The Kier molecular flexibility index (Phi) is 3.52. The first kappa shape index (κ1) is 8.99. The molecule has 0 radical (unpaired) electrons. The fourth-order valence-electron chi connectivity index (χ4n) is 0.316. The second kappa shape index (κ2) is 3.91. The van der Waals surface area contributed by atoms with Crippen molar-refractivity contribution in [2.45, 2.75) is 26.0 Å². The van der Waals surface area contributed by atoms with Gasteiger partial charge in [0.2, 0.25) is 0 Å². The number of carbonyl (C=O) groups is 1. The highest BCUT2D eigenvalue weighted by Gasteiger charge is 2.10. The zero-order valence-corrected chi connectivity index (χ0v) is 6.13. The number of nitrogens with two attached hydrogens (primary N) is 1. The Hall–Kier alpha value is -1.01. The van der Waals surface area contributed by atoms with Crippen molar-refractivity contribution >= 4 is 5.97 Å². The van der Waals surface area contributed by atoms with Gasteiger partial charge >= 0.3 is 5.97 Å². The van der Waals surface area contributed by atoms with Crippen molar-refractivity contribution in [3.05, 3.63) is 0 Å². The molecule has 0 saturated heterocycles. The van der Waals surface area contributed by atoms with Gasteiger partial charge in [-0.15, -0.1) is 6.42 Å². The molecule has 0 aromatic carbocycles. The summed E-state index contributed by atoms with van der Waals surface area (Å²) in [5.41, 5.74) is 5.20. The molecule has 2 N–H and O–H groups in total. The molecule has 0 aromatic heterocycles. The molecule has 0 amide bonds. The third-order valence-electron chi connectivity index (χ3n) is 0.899. The maximum Gasteiger partial charge on any atom is 0.323 e. The molecular formula is C7H11NO2. The van der Waals surface area contributed by atoms with E-state index in [-0.39, 0.29) is 0 Å². The Morgan fingerprint density at radius 3 is 2.50 bits per heavy atom.